The highest BCUT2D eigenvalue weighted by Gasteiger charge is 2.36. The fourth-order valence-electron chi connectivity index (χ4n) is 3.00. The largest absolute Gasteiger partial charge is 0.481 e. The van der Waals surface area contributed by atoms with Gasteiger partial charge in [-0.15, -0.1) is 0 Å². The quantitative estimate of drug-likeness (QED) is 0.895. The zero-order valence-corrected chi connectivity index (χ0v) is 12.6. The lowest BCUT2D eigenvalue weighted by Gasteiger charge is -2.28. The monoisotopic (exact) mass is 289 g/mol. The van der Waals surface area contributed by atoms with Crippen LogP contribution < -0.4 is 5.32 Å². The number of carboxylic acids is 1. The van der Waals surface area contributed by atoms with Gasteiger partial charge in [0, 0.05) is 0 Å². The number of aliphatic carboxylic acids is 1. The van der Waals surface area contributed by atoms with Gasteiger partial charge in [0.25, 0.3) is 0 Å². The van der Waals surface area contributed by atoms with E-state index < -0.39 is 17.8 Å². The third-order valence-corrected chi connectivity index (χ3v) is 4.36. The highest BCUT2D eigenvalue weighted by molar-refractivity contribution is 5.85. The van der Waals surface area contributed by atoms with Gasteiger partial charge in [0.2, 0.25) is 5.91 Å². The fourth-order valence-corrected chi connectivity index (χ4v) is 3.00. The van der Waals surface area contributed by atoms with Crippen molar-refractivity contribution in [1.82, 2.24) is 5.32 Å². The average molecular weight is 289 g/mol. The smallest absolute Gasteiger partial charge is 0.307 e. The van der Waals surface area contributed by atoms with Gasteiger partial charge in [0.1, 0.15) is 0 Å². The van der Waals surface area contributed by atoms with Crippen LogP contribution in [0, 0.1) is 18.8 Å². The Balaban J connectivity index is 2.02. The Labute approximate surface area is 125 Å². The number of rotatable bonds is 4. The number of carbonyl (C=O) groups excluding carboxylic acids is 1. The van der Waals surface area contributed by atoms with E-state index in [1.807, 2.05) is 38.1 Å². The normalized spacial score (nSPS) is 23.3. The Bertz CT molecular complexity index is 509. The Hall–Kier alpha value is -1.84. The van der Waals surface area contributed by atoms with Gasteiger partial charge in [-0.2, -0.15) is 0 Å². The highest BCUT2D eigenvalue weighted by Crippen LogP contribution is 2.31. The number of amides is 1. The van der Waals surface area contributed by atoms with Crippen molar-refractivity contribution in [2.24, 2.45) is 11.8 Å². The van der Waals surface area contributed by atoms with Gasteiger partial charge in [-0.25, -0.2) is 0 Å². The molecule has 0 unspecified atom stereocenters. The summed E-state index contributed by atoms with van der Waals surface area (Å²) in [7, 11) is 0. The summed E-state index contributed by atoms with van der Waals surface area (Å²) < 4.78 is 0. The topological polar surface area (TPSA) is 66.4 Å². The van der Waals surface area contributed by atoms with Crippen molar-refractivity contribution in [2.75, 3.05) is 0 Å². The SMILES string of the molecule is Cc1ccc([C@@H](C)NC(=O)[C@H]2CCCC[C@@H]2C(=O)O)cc1. The summed E-state index contributed by atoms with van der Waals surface area (Å²) in [6, 6.07) is 7.91. The van der Waals surface area contributed by atoms with Gasteiger partial charge in [-0.05, 0) is 32.3 Å². The van der Waals surface area contributed by atoms with Crippen molar-refractivity contribution in [3.63, 3.8) is 0 Å². The van der Waals surface area contributed by atoms with Crippen LogP contribution in [0.5, 0.6) is 0 Å². The van der Waals surface area contributed by atoms with E-state index >= 15 is 0 Å². The van der Waals surface area contributed by atoms with E-state index in [1.165, 1.54) is 5.56 Å². The minimum Gasteiger partial charge on any atom is -0.481 e. The van der Waals surface area contributed by atoms with Crippen molar-refractivity contribution in [3.8, 4) is 0 Å². The van der Waals surface area contributed by atoms with E-state index in [4.69, 9.17) is 0 Å². The van der Waals surface area contributed by atoms with E-state index in [1.54, 1.807) is 0 Å². The zero-order valence-electron chi connectivity index (χ0n) is 12.6. The lowest BCUT2D eigenvalue weighted by Crippen LogP contribution is -2.40. The molecule has 21 heavy (non-hydrogen) atoms. The highest BCUT2D eigenvalue weighted by atomic mass is 16.4. The fraction of sp³-hybridized carbons (Fsp3) is 0.529. The maximum atomic E-state index is 12.4. The molecule has 0 heterocycles. The standard InChI is InChI=1S/C17H23NO3/c1-11-7-9-13(10-8-11)12(2)18-16(19)14-5-3-4-6-15(14)17(20)21/h7-10,12,14-15H,3-6H2,1-2H3,(H,18,19)(H,20,21)/t12-,14+,15+/m1/s1. The van der Waals surface area contributed by atoms with Gasteiger partial charge in [-0.3, -0.25) is 9.59 Å². The van der Waals surface area contributed by atoms with Crippen LogP contribution in [0.2, 0.25) is 0 Å². The van der Waals surface area contributed by atoms with Crippen LogP contribution in [-0.2, 0) is 9.59 Å². The molecule has 4 nitrogen and oxygen atoms in total. The van der Waals surface area contributed by atoms with E-state index in [-0.39, 0.29) is 11.9 Å². The summed E-state index contributed by atoms with van der Waals surface area (Å²) in [6.45, 7) is 3.95. The van der Waals surface area contributed by atoms with E-state index in [0.29, 0.717) is 12.8 Å². The maximum absolute atomic E-state index is 12.4. The number of nitrogens with one attached hydrogen (secondary N) is 1. The van der Waals surface area contributed by atoms with Gasteiger partial charge >= 0.3 is 5.97 Å². The molecule has 1 aromatic carbocycles. The van der Waals surface area contributed by atoms with E-state index in [9.17, 15) is 14.7 Å². The molecular weight excluding hydrogens is 266 g/mol. The summed E-state index contributed by atoms with van der Waals surface area (Å²) in [5, 5.41) is 12.2. The van der Waals surface area contributed by atoms with E-state index in [2.05, 4.69) is 5.32 Å². The maximum Gasteiger partial charge on any atom is 0.307 e. The first-order valence-corrected chi connectivity index (χ1v) is 7.59. The van der Waals surface area contributed by atoms with Crippen LogP contribution in [0.25, 0.3) is 0 Å². The number of carboxylic acid groups (broad SMARTS) is 1. The molecule has 1 aliphatic rings. The summed E-state index contributed by atoms with van der Waals surface area (Å²) in [4.78, 5) is 23.7. The minimum absolute atomic E-state index is 0.102. The molecule has 0 aromatic heterocycles. The van der Waals surface area contributed by atoms with Crippen molar-refractivity contribution in [2.45, 2.75) is 45.6 Å². The Morgan fingerprint density at radius 1 is 1.14 bits per heavy atom. The Morgan fingerprint density at radius 3 is 2.29 bits per heavy atom. The molecule has 1 fully saturated rings. The molecule has 0 aliphatic heterocycles. The predicted molar refractivity (Wildman–Crippen MR) is 80.8 cm³/mol. The van der Waals surface area contributed by atoms with Gasteiger partial charge in [0.15, 0.2) is 0 Å². The molecule has 114 valence electrons. The number of hydrogen-bond acceptors (Lipinski definition) is 2. The first kappa shape index (κ1) is 15.5. The molecule has 0 saturated heterocycles. The Morgan fingerprint density at radius 2 is 1.71 bits per heavy atom. The molecule has 2 rings (SSSR count). The van der Waals surface area contributed by atoms with Gasteiger partial charge in [-0.1, -0.05) is 42.7 Å². The summed E-state index contributed by atoms with van der Waals surface area (Å²) in [5.41, 5.74) is 2.21. The molecular formula is C17H23NO3. The lowest BCUT2D eigenvalue weighted by molar-refractivity contribution is -0.149. The first-order valence-electron chi connectivity index (χ1n) is 7.59. The summed E-state index contributed by atoms with van der Waals surface area (Å²) in [6.07, 6.45) is 3.10. The minimum atomic E-state index is -0.849. The summed E-state index contributed by atoms with van der Waals surface area (Å²) >= 11 is 0. The molecule has 4 heteroatoms. The third-order valence-electron chi connectivity index (χ3n) is 4.36. The van der Waals surface area contributed by atoms with Crippen LogP contribution in [-0.4, -0.2) is 17.0 Å². The number of aryl methyl sites for hydroxylation is 1. The molecule has 1 aromatic rings. The third kappa shape index (κ3) is 3.84. The second kappa shape index (κ2) is 6.74. The first-order chi connectivity index (χ1) is 9.99. The molecule has 1 saturated carbocycles. The van der Waals surface area contributed by atoms with Crippen molar-refractivity contribution in [3.05, 3.63) is 35.4 Å². The van der Waals surface area contributed by atoms with Gasteiger partial charge < -0.3 is 10.4 Å². The number of hydrogen-bond donors (Lipinski definition) is 2. The molecule has 0 bridgehead atoms. The molecule has 2 N–H and O–H groups in total. The second-order valence-corrected chi connectivity index (χ2v) is 5.98. The number of benzene rings is 1. The predicted octanol–water partition coefficient (Wildman–Crippen LogP) is 3.06. The van der Waals surface area contributed by atoms with Crippen molar-refractivity contribution >= 4 is 11.9 Å². The zero-order chi connectivity index (χ0) is 15.4. The van der Waals surface area contributed by atoms with Crippen molar-refractivity contribution < 1.29 is 14.7 Å². The van der Waals surface area contributed by atoms with Gasteiger partial charge in [0.05, 0.1) is 17.9 Å². The van der Waals surface area contributed by atoms with E-state index in [0.717, 1.165) is 18.4 Å². The van der Waals surface area contributed by atoms with Crippen LogP contribution in [0.15, 0.2) is 24.3 Å². The molecule has 3 atom stereocenters. The molecule has 0 spiro atoms. The number of carbonyl (C=O) groups is 2. The molecule has 1 amide bonds. The van der Waals surface area contributed by atoms with Crippen LogP contribution in [0.1, 0.15) is 49.8 Å². The summed E-state index contributed by atoms with van der Waals surface area (Å²) in [5.74, 6) is -1.92. The molecule has 0 radical (unpaired) electrons. The van der Waals surface area contributed by atoms with Crippen molar-refractivity contribution in [1.29, 1.82) is 0 Å². The molecule has 1 aliphatic carbocycles. The van der Waals surface area contributed by atoms with Crippen LogP contribution in [0.4, 0.5) is 0 Å². The Kier molecular flexibility index (Phi) is 4.99. The van der Waals surface area contributed by atoms with Crippen LogP contribution in [0.3, 0.4) is 0 Å². The lowest BCUT2D eigenvalue weighted by atomic mass is 9.78. The second-order valence-electron chi connectivity index (χ2n) is 5.98. The average Bonchev–Trinajstić information content (AvgIpc) is 2.47. The van der Waals surface area contributed by atoms with Crippen LogP contribution >= 0.6 is 0 Å².